The van der Waals surface area contributed by atoms with Crippen molar-refractivity contribution in [3.63, 3.8) is 0 Å². The minimum Gasteiger partial charge on any atom is -0.459 e. The van der Waals surface area contributed by atoms with E-state index in [1.807, 2.05) is 0 Å². The van der Waals surface area contributed by atoms with Gasteiger partial charge in [-0.1, -0.05) is 12.1 Å². The minimum atomic E-state index is -0.929. The monoisotopic (exact) mass is 330 g/mol. The molecule has 24 heavy (non-hydrogen) atoms. The highest BCUT2D eigenvalue weighted by Gasteiger charge is 2.22. The second-order valence-electron chi connectivity index (χ2n) is 5.26. The van der Waals surface area contributed by atoms with Crippen molar-refractivity contribution < 1.29 is 23.5 Å². The molecule has 0 spiro atoms. The molecule has 2 aromatic rings. The van der Waals surface area contributed by atoms with Gasteiger partial charge in [-0.15, -0.1) is 0 Å². The second-order valence-corrected chi connectivity index (χ2v) is 5.26. The van der Waals surface area contributed by atoms with Crippen LogP contribution in [0, 0.1) is 0 Å². The van der Waals surface area contributed by atoms with Gasteiger partial charge in [0.25, 0.3) is 11.8 Å². The lowest BCUT2D eigenvalue weighted by molar-refractivity contribution is -0.137. The highest BCUT2D eigenvalue weighted by molar-refractivity contribution is 6.06. The van der Waals surface area contributed by atoms with Gasteiger partial charge in [0.2, 0.25) is 0 Å². The lowest BCUT2D eigenvalue weighted by Gasteiger charge is -2.18. The molecule has 2 rings (SSSR count). The summed E-state index contributed by atoms with van der Waals surface area (Å²) in [6.07, 6.45) is 0.449. The summed E-state index contributed by atoms with van der Waals surface area (Å²) in [7, 11) is 3.15. The van der Waals surface area contributed by atoms with Gasteiger partial charge < -0.3 is 19.4 Å². The smallest absolute Gasteiger partial charge is 0.341 e. The number of esters is 1. The first-order valence-corrected chi connectivity index (χ1v) is 7.26. The number of para-hydroxylation sites is 1. The van der Waals surface area contributed by atoms with Gasteiger partial charge in [-0.3, -0.25) is 9.59 Å². The number of nitrogens with one attached hydrogen (secondary N) is 1. The lowest BCUT2D eigenvalue weighted by Crippen LogP contribution is -2.35. The lowest BCUT2D eigenvalue weighted by atomic mass is 10.1. The zero-order valence-electron chi connectivity index (χ0n) is 13.6. The summed E-state index contributed by atoms with van der Waals surface area (Å²) in [5.74, 6) is -1.40. The molecule has 0 aliphatic rings. The first kappa shape index (κ1) is 17.3. The van der Waals surface area contributed by atoms with E-state index in [-0.39, 0.29) is 22.9 Å². The molecule has 1 aromatic carbocycles. The Morgan fingerprint density at radius 3 is 2.46 bits per heavy atom. The Balaban J connectivity index is 2.14. The molecule has 2 amide bonds. The molecule has 1 aromatic heterocycles. The van der Waals surface area contributed by atoms with Gasteiger partial charge in [0, 0.05) is 14.1 Å². The maximum atomic E-state index is 12.3. The van der Waals surface area contributed by atoms with Crippen LogP contribution in [0.1, 0.15) is 27.8 Å². The van der Waals surface area contributed by atoms with Crippen LogP contribution in [0.3, 0.4) is 0 Å². The third-order valence-electron chi connectivity index (χ3n) is 3.21. The number of ether oxygens (including phenoxy) is 1. The molecular formula is C17H18N2O5. The summed E-state index contributed by atoms with van der Waals surface area (Å²) < 4.78 is 10.2. The van der Waals surface area contributed by atoms with Crippen LogP contribution in [0.25, 0.3) is 0 Å². The second kappa shape index (κ2) is 7.45. The molecule has 0 unspecified atom stereocenters. The van der Waals surface area contributed by atoms with Crippen molar-refractivity contribution in [2.75, 3.05) is 19.4 Å². The Morgan fingerprint density at radius 2 is 1.83 bits per heavy atom. The number of carbonyl (C=O) groups is 3. The summed E-state index contributed by atoms with van der Waals surface area (Å²) >= 11 is 0. The number of furan rings is 1. The molecule has 0 aliphatic heterocycles. The first-order chi connectivity index (χ1) is 11.4. The van der Waals surface area contributed by atoms with Crippen LogP contribution in [0.5, 0.6) is 0 Å². The summed E-state index contributed by atoms with van der Waals surface area (Å²) in [6.45, 7) is 1.49. The first-order valence-electron chi connectivity index (χ1n) is 7.26. The summed E-state index contributed by atoms with van der Waals surface area (Å²) in [4.78, 5) is 37.5. The summed E-state index contributed by atoms with van der Waals surface area (Å²) in [5.41, 5.74) is 0.421. The molecule has 7 nitrogen and oxygen atoms in total. The van der Waals surface area contributed by atoms with E-state index in [4.69, 9.17) is 9.15 Å². The number of carbonyl (C=O) groups excluding carboxylic acids is 3. The molecule has 7 heteroatoms. The van der Waals surface area contributed by atoms with E-state index in [0.29, 0.717) is 0 Å². The number of hydrogen-bond acceptors (Lipinski definition) is 5. The van der Waals surface area contributed by atoms with Crippen LogP contribution in [0.2, 0.25) is 0 Å². The van der Waals surface area contributed by atoms with Crippen LogP contribution in [0.15, 0.2) is 47.1 Å². The number of benzene rings is 1. The van der Waals surface area contributed by atoms with E-state index in [0.717, 1.165) is 0 Å². The molecule has 126 valence electrons. The van der Waals surface area contributed by atoms with Crippen molar-refractivity contribution >= 4 is 23.5 Å². The van der Waals surface area contributed by atoms with Crippen molar-refractivity contribution in [2.24, 2.45) is 0 Å². The van der Waals surface area contributed by atoms with Gasteiger partial charge in [0.1, 0.15) is 0 Å². The van der Waals surface area contributed by atoms with E-state index in [1.54, 1.807) is 38.4 Å². The van der Waals surface area contributed by atoms with E-state index >= 15 is 0 Å². The maximum Gasteiger partial charge on any atom is 0.341 e. The molecule has 1 atom stereocenters. The molecule has 0 bridgehead atoms. The van der Waals surface area contributed by atoms with Gasteiger partial charge in [0.05, 0.1) is 17.5 Å². The number of rotatable bonds is 5. The van der Waals surface area contributed by atoms with Crippen molar-refractivity contribution in [1.82, 2.24) is 4.90 Å². The number of nitrogens with zero attached hydrogens (tertiary/aromatic N) is 1. The minimum absolute atomic E-state index is 0.120. The van der Waals surface area contributed by atoms with Gasteiger partial charge in [0.15, 0.2) is 11.9 Å². The summed E-state index contributed by atoms with van der Waals surface area (Å²) in [6, 6.07) is 9.47. The van der Waals surface area contributed by atoms with Crippen LogP contribution in [-0.2, 0) is 9.53 Å². The number of hydrogen-bond donors (Lipinski definition) is 1. The van der Waals surface area contributed by atoms with Crippen LogP contribution in [-0.4, -0.2) is 42.9 Å². The number of likely N-dealkylation sites (N-methyl/N-ethyl adjacent to an activating group) is 1. The van der Waals surface area contributed by atoms with Gasteiger partial charge in [-0.05, 0) is 31.2 Å². The number of anilines is 1. The predicted molar refractivity (Wildman–Crippen MR) is 86.7 cm³/mol. The van der Waals surface area contributed by atoms with Gasteiger partial charge in [-0.25, -0.2) is 4.79 Å². The molecule has 1 N–H and O–H groups in total. The van der Waals surface area contributed by atoms with Crippen molar-refractivity contribution in [2.45, 2.75) is 13.0 Å². The molecule has 1 heterocycles. The maximum absolute atomic E-state index is 12.3. The van der Waals surface area contributed by atoms with Crippen LogP contribution >= 0.6 is 0 Å². The zero-order chi connectivity index (χ0) is 17.7. The zero-order valence-corrected chi connectivity index (χ0v) is 13.6. The van der Waals surface area contributed by atoms with Crippen molar-refractivity contribution in [1.29, 1.82) is 0 Å². The van der Waals surface area contributed by atoms with E-state index in [2.05, 4.69) is 5.32 Å². The topological polar surface area (TPSA) is 88.8 Å². The van der Waals surface area contributed by atoms with Crippen LogP contribution < -0.4 is 5.32 Å². The molecule has 0 radical (unpaired) electrons. The fraction of sp³-hybridized carbons (Fsp3) is 0.235. The quantitative estimate of drug-likeness (QED) is 0.849. The Morgan fingerprint density at radius 1 is 1.12 bits per heavy atom. The van der Waals surface area contributed by atoms with Crippen LogP contribution in [0.4, 0.5) is 5.69 Å². The third-order valence-corrected chi connectivity index (χ3v) is 3.21. The predicted octanol–water partition coefficient (Wildman–Crippen LogP) is 2.17. The van der Waals surface area contributed by atoms with E-state index < -0.39 is 18.0 Å². The normalized spacial score (nSPS) is 11.5. The molecule has 0 aliphatic carbocycles. The highest BCUT2D eigenvalue weighted by atomic mass is 16.5. The fourth-order valence-electron chi connectivity index (χ4n) is 2.00. The third kappa shape index (κ3) is 4.01. The highest BCUT2D eigenvalue weighted by Crippen LogP contribution is 2.18. The Hall–Kier alpha value is -3.09. The van der Waals surface area contributed by atoms with E-state index in [9.17, 15) is 14.4 Å². The van der Waals surface area contributed by atoms with Crippen molar-refractivity contribution in [3.8, 4) is 0 Å². The SMILES string of the molecule is C[C@@H](OC(=O)c1ccccc1NC(=O)c1ccco1)C(=O)N(C)C. The molecule has 0 saturated carbocycles. The van der Waals surface area contributed by atoms with E-state index in [1.165, 1.54) is 30.2 Å². The molecule has 0 saturated heterocycles. The average Bonchev–Trinajstić information content (AvgIpc) is 3.08. The van der Waals surface area contributed by atoms with Gasteiger partial charge >= 0.3 is 5.97 Å². The standard InChI is InChI=1S/C17H18N2O5/c1-11(16(21)19(2)3)24-17(22)12-7-4-5-8-13(12)18-15(20)14-9-6-10-23-14/h4-11H,1-3H3,(H,18,20)/t11-/m1/s1. The Kier molecular flexibility index (Phi) is 5.36. The van der Waals surface area contributed by atoms with Crippen molar-refractivity contribution in [3.05, 3.63) is 54.0 Å². The Labute approximate surface area is 139 Å². The fourth-order valence-corrected chi connectivity index (χ4v) is 2.00. The van der Waals surface area contributed by atoms with Gasteiger partial charge in [-0.2, -0.15) is 0 Å². The molecule has 0 fully saturated rings. The summed E-state index contributed by atoms with van der Waals surface area (Å²) in [5, 5.41) is 2.59. The average molecular weight is 330 g/mol. The molecular weight excluding hydrogens is 312 g/mol. The Bertz CT molecular complexity index is 737. The number of amides is 2. The largest absolute Gasteiger partial charge is 0.459 e.